The maximum absolute atomic E-state index is 12.9. The molecule has 0 aromatic heterocycles. The molecule has 0 amide bonds. The number of benzene rings is 2. The Labute approximate surface area is 133 Å². The molecule has 0 bridgehead atoms. The van der Waals surface area contributed by atoms with Crippen molar-refractivity contribution in [2.75, 3.05) is 11.4 Å². The second kappa shape index (κ2) is 6.22. The SMILES string of the molecule is CN(c1ccc(F)cc1)S(=O)(=O)c1ccc(Cl)c(CCl)c1. The zero-order chi connectivity index (χ0) is 15.6. The van der Waals surface area contributed by atoms with Crippen molar-refractivity contribution in [1.29, 1.82) is 0 Å². The van der Waals surface area contributed by atoms with E-state index in [9.17, 15) is 12.8 Å². The maximum Gasteiger partial charge on any atom is 0.264 e. The molecule has 0 unspecified atom stereocenters. The average molecular weight is 348 g/mol. The van der Waals surface area contributed by atoms with Crippen LogP contribution in [0.25, 0.3) is 0 Å². The van der Waals surface area contributed by atoms with E-state index >= 15 is 0 Å². The number of halogens is 3. The Morgan fingerprint density at radius 2 is 1.76 bits per heavy atom. The smallest absolute Gasteiger partial charge is 0.264 e. The van der Waals surface area contributed by atoms with Crippen LogP contribution in [0.15, 0.2) is 47.4 Å². The molecule has 3 nitrogen and oxygen atoms in total. The van der Waals surface area contributed by atoms with E-state index in [-0.39, 0.29) is 10.8 Å². The monoisotopic (exact) mass is 347 g/mol. The van der Waals surface area contributed by atoms with Crippen LogP contribution in [0.1, 0.15) is 5.56 Å². The van der Waals surface area contributed by atoms with Gasteiger partial charge in [-0.05, 0) is 48.0 Å². The molecule has 0 heterocycles. The van der Waals surface area contributed by atoms with Crippen molar-refractivity contribution in [2.24, 2.45) is 0 Å². The molecule has 2 aromatic rings. The molecule has 0 aliphatic heterocycles. The first-order valence-electron chi connectivity index (χ1n) is 5.95. The summed E-state index contributed by atoms with van der Waals surface area (Å²) in [7, 11) is -2.36. The fourth-order valence-electron chi connectivity index (χ4n) is 1.76. The highest BCUT2D eigenvalue weighted by Crippen LogP contribution is 2.26. The Bertz CT molecular complexity index is 748. The third kappa shape index (κ3) is 3.31. The minimum atomic E-state index is -3.76. The molecule has 21 heavy (non-hydrogen) atoms. The summed E-state index contributed by atoms with van der Waals surface area (Å²) >= 11 is 11.7. The third-order valence-corrected chi connectivity index (χ3v) is 5.45. The van der Waals surface area contributed by atoms with Gasteiger partial charge in [-0.25, -0.2) is 12.8 Å². The van der Waals surface area contributed by atoms with Crippen LogP contribution in [-0.4, -0.2) is 15.5 Å². The first kappa shape index (κ1) is 16.1. The van der Waals surface area contributed by atoms with E-state index in [1.807, 2.05) is 0 Å². The van der Waals surface area contributed by atoms with Gasteiger partial charge in [0, 0.05) is 18.0 Å². The van der Waals surface area contributed by atoms with Crippen LogP contribution in [0, 0.1) is 5.82 Å². The van der Waals surface area contributed by atoms with Gasteiger partial charge in [0.05, 0.1) is 10.6 Å². The molecule has 0 saturated carbocycles. The standard InChI is InChI=1S/C14H12Cl2FNO2S/c1-18(12-4-2-11(17)3-5-12)21(19,20)13-6-7-14(16)10(8-13)9-15/h2-8H,9H2,1H3. The van der Waals surface area contributed by atoms with Crippen molar-refractivity contribution in [3.8, 4) is 0 Å². The fourth-order valence-corrected chi connectivity index (χ4v) is 3.48. The predicted octanol–water partition coefficient (Wildman–Crippen LogP) is 4.04. The molecule has 0 atom stereocenters. The van der Waals surface area contributed by atoms with Crippen LogP contribution >= 0.6 is 23.2 Å². The van der Waals surface area contributed by atoms with Crippen molar-refractivity contribution >= 4 is 38.9 Å². The lowest BCUT2D eigenvalue weighted by Crippen LogP contribution is -2.26. The number of alkyl halides is 1. The Morgan fingerprint density at radius 1 is 1.14 bits per heavy atom. The Kier molecular flexibility index (Phi) is 4.76. The topological polar surface area (TPSA) is 37.4 Å². The molecule has 0 aliphatic rings. The van der Waals surface area contributed by atoms with Crippen LogP contribution < -0.4 is 4.31 Å². The lowest BCUT2D eigenvalue weighted by Gasteiger charge is -2.20. The van der Waals surface area contributed by atoms with Crippen molar-refractivity contribution in [2.45, 2.75) is 10.8 Å². The summed E-state index contributed by atoms with van der Waals surface area (Å²) in [6.45, 7) is 0. The fraction of sp³-hybridized carbons (Fsp3) is 0.143. The molecule has 0 saturated heterocycles. The first-order valence-corrected chi connectivity index (χ1v) is 8.30. The van der Waals surface area contributed by atoms with Crippen LogP contribution in [0.4, 0.5) is 10.1 Å². The third-order valence-electron chi connectivity index (χ3n) is 3.01. The quantitative estimate of drug-likeness (QED) is 0.782. The van der Waals surface area contributed by atoms with Crippen LogP contribution in [0.3, 0.4) is 0 Å². The minimum absolute atomic E-state index is 0.0781. The largest absolute Gasteiger partial charge is 0.269 e. The lowest BCUT2D eigenvalue weighted by molar-refractivity contribution is 0.594. The summed E-state index contributed by atoms with van der Waals surface area (Å²) in [6.07, 6.45) is 0. The van der Waals surface area contributed by atoms with Gasteiger partial charge in [-0.1, -0.05) is 11.6 Å². The Morgan fingerprint density at radius 3 is 2.33 bits per heavy atom. The van der Waals surface area contributed by atoms with E-state index in [2.05, 4.69) is 0 Å². The van der Waals surface area contributed by atoms with Gasteiger partial charge in [0.15, 0.2) is 0 Å². The molecule has 0 spiro atoms. The van der Waals surface area contributed by atoms with Crippen molar-refractivity contribution in [3.63, 3.8) is 0 Å². The molecule has 0 radical (unpaired) electrons. The zero-order valence-corrected chi connectivity index (χ0v) is 13.4. The molecule has 2 rings (SSSR count). The van der Waals surface area contributed by atoms with E-state index in [1.54, 1.807) is 0 Å². The molecular formula is C14H12Cl2FNO2S. The highest BCUT2D eigenvalue weighted by Gasteiger charge is 2.22. The number of anilines is 1. The summed E-state index contributed by atoms with van der Waals surface area (Å²) in [5, 5.41) is 0.411. The second-order valence-corrected chi connectivity index (χ2v) is 6.98. The first-order chi connectivity index (χ1) is 9.86. The van der Waals surface area contributed by atoms with Crippen LogP contribution in [0.5, 0.6) is 0 Å². The van der Waals surface area contributed by atoms with Crippen molar-refractivity contribution in [1.82, 2.24) is 0 Å². The molecule has 0 N–H and O–H groups in total. The lowest BCUT2D eigenvalue weighted by atomic mass is 10.2. The number of rotatable bonds is 4. The highest BCUT2D eigenvalue weighted by molar-refractivity contribution is 7.92. The number of sulfonamides is 1. The number of hydrogen-bond donors (Lipinski definition) is 0. The van der Waals surface area contributed by atoms with Gasteiger partial charge in [0.1, 0.15) is 5.82 Å². The average Bonchev–Trinajstić information content (AvgIpc) is 2.47. The number of nitrogens with zero attached hydrogens (tertiary/aromatic N) is 1. The minimum Gasteiger partial charge on any atom is -0.269 e. The molecule has 0 fully saturated rings. The molecule has 112 valence electrons. The molecule has 2 aromatic carbocycles. The Hall–Kier alpha value is -1.30. The van der Waals surface area contributed by atoms with Gasteiger partial charge >= 0.3 is 0 Å². The highest BCUT2D eigenvalue weighted by atomic mass is 35.5. The van der Waals surface area contributed by atoms with Crippen molar-refractivity contribution in [3.05, 3.63) is 58.9 Å². The Balaban J connectivity index is 2.43. The summed E-state index contributed by atoms with van der Waals surface area (Å²) in [6, 6.07) is 9.53. The van der Waals surface area contributed by atoms with E-state index in [0.717, 1.165) is 4.31 Å². The van der Waals surface area contributed by atoms with E-state index in [0.29, 0.717) is 16.3 Å². The molecule has 7 heteroatoms. The van der Waals surface area contributed by atoms with Gasteiger partial charge < -0.3 is 0 Å². The summed E-state index contributed by atoms with van der Waals surface area (Å²) in [5.41, 5.74) is 0.894. The molecular weight excluding hydrogens is 336 g/mol. The van der Waals surface area contributed by atoms with Crippen LogP contribution in [0.2, 0.25) is 5.02 Å². The van der Waals surface area contributed by atoms with E-state index < -0.39 is 15.8 Å². The summed E-state index contributed by atoms with van der Waals surface area (Å²) < 4.78 is 39.1. The maximum atomic E-state index is 12.9. The summed E-state index contributed by atoms with van der Waals surface area (Å²) in [4.78, 5) is 0.0781. The van der Waals surface area contributed by atoms with Gasteiger partial charge in [-0.2, -0.15) is 0 Å². The predicted molar refractivity (Wildman–Crippen MR) is 83.0 cm³/mol. The van der Waals surface area contributed by atoms with Gasteiger partial charge in [0.25, 0.3) is 10.0 Å². The van der Waals surface area contributed by atoms with Crippen molar-refractivity contribution < 1.29 is 12.8 Å². The molecule has 0 aliphatic carbocycles. The van der Waals surface area contributed by atoms with Gasteiger partial charge in [-0.3, -0.25) is 4.31 Å². The van der Waals surface area contributed by atoms with E-state index in [1.165, 1.54) is 49.5 Å². The number of hydrogen-bond acceptors (Lipinski definition) is 2. The van der Waals surface area contributed by atoms with Gasteiger partial charge in [-0.15, -0.1) is 11.6 Å². The normalized spacial score (nSPS) is 11.4. The van der Waals surface area contributed by atoms with Crippen LogP contribution in [-0.2, 0) is 15.9 Å². The summed E-state index contributed by atoms with van der Waals surface area (Å²) in [5.74, 6) is -0.317. The second-order valence-electron chi connectivity index (χ2n) is 4.34. The van der Waals surface area contributed by atoms with E-state index in [4.69, 9.17) is 23.2 Å². The van der Waals surface area contributed by atoms with Gasteiger partial charge in [0.2, 0.25) is 0 Å². The zero-order valence-electron chi connectivity index (χ0n) is 11.1.